The molecule has 1 aliphatic heterocycles. The Morgan fingerprint density at radius 3 is 2.88 bits per heavy atom. The van der Waals surface area contributed by atoms with Crippen LogP contribution in [0.5, 0.6) is 11.5 Å². The van der Waals surface area contributed by atoms with Crippen LogP contribution in [0.4, 0.5) is 5.82 Å². The number of para-hydroxylation sites is 1. The van der Waals surface area contributed by atoms with Crippen molar-refractivity contribution < 1.29 is 14.3 Å². The SMILES string of the molecule is COc1cccc(C2CC(=O)Nc3c2cnn3C)c1OCC(C)C. The van der Waals surface area contributed by atoms with Gasteiger partial charge in [-0.15, -0.1) is 0 Å². The van der Waals surface area contributed by atoms with Crippen molar-refractivity contribution in [3.63, 3.8) is 0 Å². The molecule has 1 aromatic carbocycles. The van der Waals surface area contributed by atoms with Crippen molar-refractivity contribution in [2.24, 2.45) is 13.0 Å². The first-order valence-electron chi connectivity index (χ1n) is 8.12. The molecule has 6 heteroatoms. The molecule has 0 bridgehead atoms. The lowest BCUT2D eigenvalue weighted by molar-refractivity contribution is -0.116. The molecule has 0 spiro atoms. The fourth-order valence-electron chi connectivity index (χ4n) is 2.99. The molecule has 128 valence electrons. The Balaban J connectivity index is 2.07. The summed E-state index contributed by atoms with van der Waals surface area (Å²) in [5.74, 6) is 2.42. The molecule has 0 saturated carbocycles. The molecule has 0 radical (unpaired) electrons. The molecular formula is C18H23N3O3. The first-order valence-corrected chi connectivity index (χ1v) is 8.12. The lowest BCUT2D eigenvalue weighted by Crippen LogP contribution is -2.24. The quantitative estimate of drug-likeness (QED) is 0.916. The Labute approximate surface area is 141 Å². The molecule has 1 atom stereocenters. The van der Waals surface area contributed by atoms with E-state index < -0.39 is 0 Å². The maximum Gasteiger partial charge on any atom is 0.226 e. The fourth-order valence-corrected chi connectivity index (χ4v) is 2.99. The molecule has 1 aromatic heterocycles. The van der Waals surface area contributed by atoms with Crippen molar-refractivity contribution in [3.05, 3.63) is 35.5 Å². The summed E-state index contributed by atoms with van der Waals surface area (Å²) in [6.07, 6.45) is 2.18. The molecular weight excluding hydrogens is 306 g/mol. The highest BCUT2D eigenvalue weighted by atomic mass is 16.5. The number of hydrogen-bond acceptors (Lipinski definition) is 4. The van der Waals surface area contributed by atoms with E-state index in [9.17, 15) is 4.79 Å². The highest BCUT2D eigenvalue weighted by Crippen LogP contribution is 2.43. The number of methoxy groups -OCH3 is 1. The monoisotopic (exact) mass is 329 g/mol. The van der Waals surface area contributed by atoms with E-state index in [0.717, 1.165) is 16.9 Å². The maximum absolute atomic E-state index is 12.2. The minimum atomic E-state index is -0.0975. The van der Waals surface area contributed by atoms with Crippen molar-refractivity contribution in [2.45, 2.75) is 26.2 Å². The molecule has 1 amide bonds. The molecule has 2 aromatic rings. The maximum atomic E-state index is 12.2. The minimum absolute atomic E-state index is 0.0197. The number of nitrogens with one attached hydrogen (secondary N) is 1. The zero-order valence-electron chi connectivity index (χ0n) is 14.5. The van der Waals surface area contributed by atoms with E-state index in [1.54, 1.807) is 11.8 Å². The van der Waals surface area contributed by atoms with E-state index in [4.69, 9.17) is 9.47 Å². The van der Waals surface area contributed by atoms with Gasteiger partial charge in [-0.25, -0.2) is 0 Å². The van der Waals surface area contributed by atoms with Gasteiger partial charge in [0.05, 0.1) is 19.9 Å². The van der Waals surface area contributed by atoms with Crippen LogP contribution in [0.15, 0.2) is 24.4 Å². The van der Waals surface area contributed by atoms with Gasteiger partial charge in [0.25, 0.3) is 0 Å². The van der Waals surface area contributed by atoms with Gasteiger partial charge >= 0.3 is 0 Å². The Hall–Kier alpha value is -2.50. The van der Waals surface area contributed by atoms with E-state index in [1.807, 2.05) is 31.4 Å². The second-order valence-electron chi connectivity index (χ2n) is 6.46. The molecule has 3 rings (SSSR count). The van der Waals surface area contributed by atoms with E-state index in [0.29, 0.717) is 30.4 Å². The lowest BCUT2D eigenvalue weighted by Gasteiger charge is -2.26. The Morgan fingerprint density at radius 2 is 2.17 bits per heavy atom. The van der Waals surface area contributed by atoms with Crippen LogP contribution in [0.1, 0.15) is 37.3 Å². The van der Waals surface area contributed by atoms with Crippen molar-refractivity contribution in [3.8, 4) is 11.5 Å². The molecule has 1 aliphatic rings. The van der Waals surface area contributed by atoms with Gasteiger partial charge in [0.1, 0.15) is 5.82 Å². The molecule has 24 heavy (non-hydrogen) atoms. The molecule has 0 fully saturated rings. The highest BCUT2D eigenvalue weighted by Gasteiger charge is 2.32. The third-order valence-corrected chi connectivity index (χ3v) is 4.16. The number of nitrogens with zero attached hydrogens (tertiary/aromatic N) is 2. The average Bonchev–Trinajstić information content (AvgIpc) is 2.93. The standard InChI is InChI=1S/C18H23N3O3/c1-11(2)10-24-17-12(6-5-7-15(17)23-4)13-8-16(22)20-18-14(13)9-19-21(18)3/h5-7,9,11,13H,8,10H2,1-4H3,(H,20,22). The number of benzene rings is 1. The number of aryl methyl sites for hydroxylation is 1. The number of carbonyl (C=O) groups is 1. The largest absolute Gasteiger partial charge is 0.493 e. The predicted molar refractivity (Wildman–Crippen MR) is 91.6 cm³/mol. The van der Waals surface area contributed by atoms with E-state index >= 15 is 0 Å². The van der Waals surface area contributed by atoms with E-state index in [-0.39, 0.29) is 11.8 Å². The molecule has 6 nitrogen and oxygen atoms in total. The van der Waals surface area contributed by atoms with Gasteiger partial charge in [0.2, 0.25) is 5.91 Å². The Kier molecular flexibility index (Phi) is 4.46. The zero-order valence-corrected chi connectivity index (χ0v) is 14.5. The first kappa shape index (κ1) is 16.4. The van der Waals surface area contributed by atoms with Gasteiger partial charge in [-0.05, 0) is 12.0 Å². The van der Waals surface area contributed by atoms with Crippen LogP contribution in [0.2, 0.25) is 0 Å². The number of hydrogen-bond donors (Lipinski definition) is 1. The van der Waals surface area contributed by atoms with Crippen LogP contribution in [0.25, 0.3) is 0 Å². The highest BCUT2D eigenvalue weighted by molar-refractivity contribution is 5.94. The Bertz CT molecular complexity index is 752. The van der Waals surface area contributed by atoms with Crippen molar-refractivity contribution in [1.82, 2.24) is 9.78 Å². The summed E-state index contributed by atoms with van der Waals surface area (Å²) in [6, 6.07) is 5.81. The number of rotatable bonds is 5. The molecule has 0 aliphatic carbocycles. The van der Waals surface area contributed by atoms with Crippen molar-refractivity contribution in [2.75, 3.05) is 19.0 Å². The molecule has 1 unspecified atom stereocenters. The van der Waals surface area contributed by atoms with Crippen LogP contribution >= 0.6 is 0 Å². The van der Waals surface area contributed by atoms with Gasteiger partial charge in [0, 0.05) is 30.5 Å². The van der Waals surface area contributed by atoms with Gasteiger partial charge < -0.3 is 14.8 Å². The third-order valence-electron chi connectivity index (χ3n) is 4.16. The number of carbonyl (C=O) groups excluding carboxylic acids is 1. The fraction of sp³-hybridized carbons (Fsp3) is 0.444. The number of anilines is 1. The van der Waals surface area contributed by atoms with Crippen LogP contribution < -0.4 is 14.8 Å². The van der Waals surface area contributed by atoms with Crippen molar-refractivity contribution in [1.29, 1.82) is 0 Å². The minimum Gasteiger partial charge on any atom is -0.493 e. The van der Waals surface area contributed by atoms with E-state index in [2.05, 4.69) is 24.3 Å². The average molecular weight is 329 g/mol. The molecule has 0 saturated heterocycles. The number of aromatic nitrogens is 2. The topological polar surface area (TPSA) is 65.4 Å². The van der Waals surface area contributed by atoms with E-state index in [1.165, 1.54) is 0 Å². The first-order chi connectivity index (χ1) is 11.5. The number of ether oxygens (including phenoxy) is 2. The number of amides is 1. The second kappa shape index (κ2) is 6.55. The Morgan fingerprint density at radius 1 is 1.38 bits per heavy atom. The lowest BCUT2D eigenvalue weighted by atomic mass is 9.86. The van der Waals surface area contributed by atoms with Gasteiger partial charge in [0.15, 0.2) is 11.5 Å². The van der Waals surface area contributed by atoms with Crippen LogP contribution in [-0.2, 0) is 11.8 Å². The smallest absolute Gasteiger partial charge is 0.226 e. The summed E-state index contributed by atoms with van der Waals surface area (Å²) in [7, 11) is 3.45. The van der Waals surface area contributed by atoms with Crippen molar-refractivity contribution >= 4 is 11.7 Å². The van der Waals surface area contributed by atoms with Gasteiger partial charge in [-0.3, -0.25) is 9.48 Å². The molecule has 1 N–H and O–H groups in total. The summed E-state index contributed by atoms with van der Waals surface area (Å²) >= 11 is 0. The normalized spacial score (nSPS) is 16.7. The summed E-state index contributed by atoms with van der Waals surface area (Å²) in [6.45, 7) is 4.79. The summed E-state index contributed by atoms with van der Waals surface area (Å²) < 4.78 is 13.2. The van der Waals surface area contributed by atoms with Gasteiger partial charge in [-0.1, -0.05) is 26.0 Å². The summed E-state index contributed by atoms with van der Waals surface area (Å²) in [4.78, 5) is 12.2. The van der Waals surface area contributed by atoms with Crippen LogP contribution in [-0.4, -0.2) is 29.4 Å². The molecule has 2 heterocycles. The zero-order chi connectivity index (χ0) is 17.3. The van der Waals surface area contributed by atoms with Crippen LogP contribution in [0, 0.1) is 5.92 Å². The number of fused-ring (bicyclic) bond motifs is 1. The third kappa shape index (κ3) is 2.96. The van der Waals surface area contributed by atoms with Crippen LogP contribution in [0.3, 0.4) is 0 Å². The van der Waals surface area contributed by atoms with Gasteiger partial charge in [-0.2, -0.15) is 5.10 Å². The predicted octanol–water partition coefficient (Wildman–Crippen LogP) is 2.94. The summed E-state index contributed by atoms with van der Waals surface area (Å²) in [5.41, 5.74) is 1.96. The summed E-state index contributed by atoms with van der Waals surface area (Å²) in [5, 5.41) is 7.18. The second-order valence-corrected chi connectivity index (χ2v) is 6.46.